The molecule has 0 aliphatic heterocycles. The van der Waals surface area contributed by atoms with Gasteiger partial charge in [0.2, 0.25) is 0 Å². The van der Waals surface area contributed by atoms with Crippen LogP contribution in [0.25, 0.3) is 0 Å². The molecule has 0 bridgehead atoms. The summed E-state index contributed by atoms with van der Waals surface area (Å²) >= 11 is 2.79. The number of carbonyl (C=O) groups excluding carboxylic acids is 1. The van der Waals surface area contributed by atoms with E-state index in [1.165, 1.54) is 25.7 Å². The molecule has 0 aromatic carbocycles. The Bertz CT molecular complexity index is 692. The van der Waals surface area contributed by atoms with Gasteiger partial charge in [0, 0.05) is 19.0 Å². The zero-order valence-electron chi connectivity index (χ0n) is 14.0. The molecule has 2 aromatic heterocycles. The second kappa shape index (κ2) is 8.06. The topological polar surface area (TPSA) is 85.6 Å². The summed E-state index contributed by atoms with van der Waals surface area (Å²) in [6, 6.07) is 0.540. The Morgan fingerprint density at radius 1 is 1.33 bits per heavy atom. The number of carbonyl (C=O) groups is 1. The fourth-order valence-corrected chi connectivity index (χ4v) is 4.26. The van der Waals surface area contributed by atoms with Crippen molar-refractivity contribution in [1.82, 2.24) is 29.7 Å². The van der Waals surface area contributed by atoms with Gasteiger partial charge in [-0.2, -0.15) is 0 Å². The number of thioether (sulfide) groups is 1. The molecule has 1 saturated carbocycles. The van der Waals surface area contributed by atoms with Crippen LogP contribution in [0, 0.1) is 6.92 Å². The van der Waals surface area contributed by atoms with E-state index in [1.54, 1.807) is 18.7 Å². The van der Waals surface area contributed by atoms with Crippen molar-refractivity contribution in [3.63, 3.8) is 0 Å². The summed E-state index contributed by atoms with van der Waals surface area (Å²) in [7, 11) is 0. The number of nitrogens with zero attached hydrogens (tertiary/aromatic N) is 5. The number of rotatable bonds is 7. The van der Waals surface area contributed by atoms with E-state index in [9.17, 15) is 4.79 Å². The molecule has 1 aliphatic rings. The first-order chi connectivity index (χ1) is 11.7. The number of amides is 1. The Kier molecular flexibility index (Phi) is 5.83. The van der Waals surface area contributed by atoms with Gasteiger partial charge in [-0.25, -0.2) is 0 Å². The van der Waals surface area contributed by atoms with Crippen LogP contribution in [0.3, 0.4) is 0 Å². The summed E-state index contributed by atoms with van der Waals surface area (Å²) in [5.74, 6) is 0.945. The van der Waals surface area contributed by atoms with Crippen LogP contribution in [0.15, 0.2) is 5.16 Å². The van der Waals surface area contributed by atoms with Crippen molar-refractivity contribution >= 4 is 29.2 Å². The zero-order chi connectivity index (χ0) is 16.9. The number of hydrogen-bond donors (Lipinski definition) is 1. The van der Waals surface area contributed by atoms with Gasteiger partial charge in [-0.3, -0.25) is 4.79 Å². The standard InChI is InChI=1S/C15H22N6OS2/c1-10-13(24-20-17-10)14(22)16-9-5-8-12-18-19-15(23-2)21(12)11-6-3-4-7-11/h11H,3-9H2,1-2H3,(H,16,22). The molecule has 1 aliphatic carbocycles. The van der Waals surface area contributed by atoms with E-state index >= 15 is 0 Å². The van der Waals surface area contributed by atoms with Crippen molar-refractivity contribution in [2.75, 3.05) is 12.8 Å². The SMILES string of the molecule is CSc1nnc(CCCNC(=O)c2snnc2C)n1C1CCCC1. The Labute approximate surface area is 149 Å². The third-order valence-corrected chi connectivity index (χ3v) is 5.80. The van der Waals surface area contributed by atoms with Crippen molar-refractivity contribution < 1.29 is 4.79 Å². The molecule has 24 heavy (non-hydrogen) atoms. The largest absolute Gasteiger partial charge is 0.351 e. The van der Waals surface area contributed by atoms with Crippen LogP contribution in [0.5, 0.6) is 0 Å². The van der Waals surface area contributed by atoms with Crippen LogP contribution < -0.4 is 5.32 Å². The maximum atomic E-state index is 12.0. The maximum Gasteiger partial charge on any atom is 0.264 e. The highest BCUT2D eigenvalue weighted by atomic mass is 32.2. The molecule has 1 fully saturated rings. The first-order valence-corrected chi connectivity index (χ1v) is 10.3. The summed E-state index contributed by atoms with van der Waals surface area (Å²) in [5.41, 5.74) is 0.683. The summed E-state index contributed by atoms with van der Waals surface area (Å²) < 4.78 is 6.11. The zero-order valence-corrected chi connectivity index (χ0v) is 15.6. The van der Waals surface area contributed by atoms with Crippen molar-refractivity contribution in [3.8, 4) is 0 Å². The molecule has 9 heteroatoms. The van der Waals surface area contributed by atoms with Gasteiger partial charge in [0.25, 0.3) is 5.91 Å². The van der Waals surface area contributed by atoms with Crippen molar-refractivity contribution in [2.24, 2.45) is 0 Å². The molecule has 2 heterocycles. The average molecular weight is 367 g/mol. The van der Waals surface area contributed by atoms with E-state index < -0.39 is 0 Å². The number of nitrogens with one attached hydrogen (secondary N) is 1. The minimum Gasteiger partial charge on any atom is -0.351 e. The first kappa shape index (κ1) is 17.3. The molecule has 0 spiro atoms. The third-order valence-electron chi connectivity index (χ3n) is 4.33. The summed E-state index contributed by atoms with van der Waals surface area (Å²) in [6.07, 6.45) is 8.72. The van der Waals surface area contributed by atoms with Gasteiger partial charge in [-0.05, 0) is 44.0 Å². The molecule has 3 rings (SSSR count). The normalized spacial score (nSPS) is 15.1. The molecule has 0 atom stereocenters. The van der Waals surface area contributed by atoms with Crippen molar-refractivity contribution in [1.29, 1.82) is 0 Å². The van der Waals surface area contributed by atoms with E-state index in [0.717, 1.165) is 35.4 Å². The van der Waals surface area contributed by atoms with E-state index in [0.29, 0.717) is 23.2 Å². The van der Waals surface area contributed by atoms with E-state index in [2.05, 4.69) is 29.7 Å². The highest BCUT2D eigenvalue weighted by Crippen LogP contribution is 2.33. The maximum absolute atomic E-state index is 12.0. The van der Waals surface area contributed by atoms with Crippen LogP contribution in [0.4, 0.5) is 0 Å². The van der Waals surface area contributed by atoms with Gasteiger partial charge < -0.3 is 9.88 Å². The van der Waals surface area contributed by atoms with Crippen molar-refractivity contribution in [3.05, 3.63) is 16.4 Å². The minimum atomic E-state index is -0.0930. The van der Waals surface area contributed by atoms with E-state index in [-0.39, 0.29) is 5.91 Å². The van der Waals surface area contributed by atoms with Gasteiger partial charge in [0.1, 0.15) is 10.7 Å². The smallest absolute Gasteiger partial charge is 0.264 e. The summed E-state index contributed by atoms with van der Waals surface area (Å²) in [5, 5.41) is 16.5. The Balaban J connectivity index is 1.54. The van der Waals surface area contributed by atoms with Gasteiger partial charge in [0.15, 0.2) is 5.16 Å². The molecular weight excluding hydrogens is 344 g/mol. The third kappa shape index (κ3) is 3.77. The van der Waals surface area contributed by atoms with E-state index in [4.69, 9.17) is 0 Å². The molecule has 2 aromatic rings. The molecule has 0 saturated heterocycles. The molecule has 1 N–H and O–H groups in total. The Morgan fingerprint density at radius 3 is 2.79 bits per heavy atom. The lowest BCUT2D eigenvalue weighted by atomic mass is 10.2. The quantitative estimate of drug-likeness (QED) is 0.599. The van der Waals surface area contributed by atoms with E-state index in [1.807, 2.05) is 6.26 Å². The predicted molar refractivity (Wildman–Crippen MR) is 94.6 cm³/mol. The van der Waals surface area contributed by atoms with Gasteiger partial charge in [-0.15, -0.1) is 15.3 Å². The van der Waals surface area contributed by atoms with Crippen LogP contribution >= 0.6 is 23.3 Å². The lowest BCUT2D eigenvalue weighted by Gasteiger charge is -2.16. The Morgan fingerprint density at radius 2 is 2.12 bits per heavy atom. The van der Waals surface area contributed by atoms with Crippen LogP contribution in [0.2, 0.25) is 0 Å². The lowest BCUT2D eigenvalue weighted by molar-refractivity contribution is 0.0956. The molecule has 0 radical (unpaired) electrons. The fraction of sp³-hybridized carbons (Fsp3) is 0.667. The van der Waals surface area contributed by atoms with Gasteiger partial charge in [0.05, 0.1) is 5.69 Å². The van der Waals surface area contributed by atoms with Crippen LogP contribution in [-0.2, 0) is 6.42 Å². The average Bonchev–Trinajstić information content (AvgIpc) is 3.31. The lowest BCUT2D eigenvalue weighted by Crippen LogP contribution is -2.25. The first-order valence-electron chi connectivity index (χ1n) is 8.25. The second-order valence-electron chi connectivity index (χ2n) is 5.96. The minimum absolute atomic E-state index is 0.0930. The highest BCUT2D eigenvalue weighted by molar-refractivity contribution is 7.98. The number of aromatic nitrogens is 5. The van der Waals surface area contributed by atoms with Gasteiger partial charge >= 0.3 is 0 Å². The molecule has 0 unspecified atom stereocenters. The molecule has 7 nitrogen and oxygen atoms in total. The fourth-order valence-electron chi connectivity index (χ4n) is 3.11. The predicted octanol–water partition coefficient (Wildman–Crippen LogP) is 2.64. The van der Waals surface area contributed by atoms with Crippen molar-refractivity contribution in [2.45, 2.75) is 56.6 Å². The summed E-state index contributed by atoms with van der Waals surface area (Å²) in [6.45, 7) is 2.41. The number of hydrogen-bond acceptors (Lipinski definition) is 7. The second-order valence-corrected chi connectivity index (χ2v) is 7.49. The molecule has 130 valence electrons. The highest BCUT2D eigenvalue weighted by Gasteiger charge is 2.23. The monoisotopic (exact) mass is 366 g/mol. The van der Waals surface area contributed by atoms with Gasteiger partial charge in [-0.1, -0.05) is 29.1 Å². The van der Waals surface area contributed by atoms with Crippen LogP contribution in [0.1, 0.15) is 59.3 Å². The molecule has 1 amide bonds. The van der Waals surface area contributed by atoms with Crippen LogP contribution in [-0.4, -0.2) is 43.1 Å². The Hall–Kier alpha value is -1.48. The summed E-state index contributed by atoms with van der Waals surface area (Å²) in [4.78, 5) is 12.6. The molecular formula is C15H22N6OS2. The number of aryl methyl sites for hydroxylation is 2.